The molecule has 0 radical (unpaired) electrons. The summed E-state index contributed by atoms with van der Waals surface area (Å²) in [5.41, 5.74) is 5.55. The van der Waals surface area contributed by atoms with E-state index < -0.39 is 12.3 Å². The first-order valence-electron chi connectivity index (χ1n) is 3.94. The van der Waals surface area contributed by atoms with Crippen LogP contribution < -0.4 is 5.73 Å². The van der Waals surface area contributed by atoms with Crippen LogP contribution in [0.2, 0.25) is 0 Å². The topological polar surface area (TPSA) is 46.3 Å². The standard InChI is InChI=1S/C7H12F2N2O/c8-6(9)7(12)11-3-1-5(10)2-4-11/h5-6H,1-4,10H2. The Morgan fingerprint density at radius 3 is 2.33 bits per heavy atom. The molecule has 0 atom stereocenters. The van der Waals surface area contributed by atoms with Gasteiger partial charge in [-0.3, -0.25) is 4.79 Å². The molecule has 1 saturated heterocycles. The first-order chi connectivity index (χ1) is 5.61. The minimum atomic E-state index is -2.88. The lowest BCUT2D eigenvalue weighted by atomic mass is 10.1. The van der Waals surface area contributed by atoms with Crippen LogP contribution in [0.1, 0.15) is 12.8 Å². The minimum Gasteiger partial charge on any atom is -0.338 e. The van der Waals surface area contributed by atoms with Gasteiger partial charge in [0.15, 0.2) is 0 Å². The van der Waals surface area contributed by atoms with Crippen LogP contribution in [-0.4, -0.2) is 36.4 Å². The fraction of sp³-hybridized carbons (Fsp3) is 0.857. The molecule has 1 amide bonds. The predicted molar refractivity (Wildman–Crippen MR) is 39.8 cm³/mol. The van der Waals surface area contributed by atoms with Gasteiger partial charge in [-0.2, -0.15) is 8.78 Å². The minimum absolute atomic E-state index is 0.0618. The molecule has 70 valence electrons. The van der Waals surface area contributed by atoms with Crippen molar-refractivity contribution in [1.82, 2.24) is 4.90 Å². The predicted octanol–water partition coefficient (Wildman–Crippen LogP) is 0.201. The fourth-order valence-electron chi connectivity index (χ4n) is 1.26. The van der Waals surface area contributed by atoms with Crippen molar-refractivity contribution in [3.63, 3.8) is 0 Å². The van der Waals surface area contributed by atoms with Crippen LogP contribution in [0.4, 0.5) is 8.78 Å². The van der Waals surface area contributed by atoms with Crippen molar-refractivity contribution < 1.29 is 13.6 Å². The quantitative estimate of drug-likeness (QED) is 0.623. The van der Waals surface area contributed by atoms with Crippen molar-refractivity contribution in [2.24, 2.45) is 5.73 Å². The van der Waals surface area contributed by atoms with E-state index in [9.17, 15) is 13.6 Å². The Kier molecular flexibility index (Phi) is 2.97. The zero-order chi connectivity index (χ0) is 9.14. The average Bonchev–Trinajstić information content (AvgIpc) is 2.04. The van der Waals surface area contributed by atoms with Crippen molar-refractivity contribution in [2.75, 3.05) is 13.1 Å². The van der Waals surface area contributed by atoms with Gasteiger partial charge < -0.3 is 10.6 Å². The van der Waals surface area contributed by atoms with E-state index in [0.717, 1.165) is 0 Å². The third kappa shape index (κ3) is 2.14. The second-order valence-electron chi connectivity index (χ2n) is 2.96. The molecule has 12 heavy (non-hydrogen) atoms. The lowest BCUT2D eigenvalue weighted by molar-refractivity contribution is -0.143. The van der Waals surface area contributed by atoms with Gasteiger partial charge in [0, 0.05) is 19.1 Å². The Hall–Kier alpha value is -0.710. The van der Waals surface area contributed by atoms with Gasteiger partial charge in [0.05, 0.1) is 0 Å². The number of rotatable bonds is 1. The second kappa shape index (κ2) is 3.80. The van der Waals surface area contributed by atoms with Gasteiger partial charge in [-0.15, -0.1) is 0 Å². The lowest BCUT2D eigenvalue weighted by Crippen LogP contribution is -2.45. The molecule has 1 fully saturated rings. The van der Waals surface area contributed by atoms with Gasteiger partial charge in [0.2, 0.25) is 0 Å². The summed E-state index contributed by atoms with van der Waals surface area (Å²) >= 11 is 0. The number of alkyl halides is 2. The third-order valence-electron chi connectivity index (χ3n) is 2.04. The summed E-state index contributed by atoms with van der Waals surface area (Å²) < 4.78 is 23.8. The number of amides is 1. The molecule has 1 aliphatic heterocycles. The number of nitrogens with zero attached hydrogens (tertiary/aromatic N) is 1. The summed E-state index contributed by atoms with van der Waals surface area (Å²) in [4.78, 5) is 11.9. The first kappa shape index (κ1) is 9.38. The maximum atomic E-state index is 11.9. The van der Waals surface area contributed by atoms with Crippen molar-refractivity contribution in [3.05, 3.63) is 0 Å². The Labute approximate surface area is 69.5 Å². The molecule has 0 aromatic heterocycles. The van der Waals surface area contributed by atoms with E-state index in [4.69, 9.17) is 5.73 Å². The van der Waals surface area contributed by atoms with Crippen LogP contribution in [0.25, 0.3) is 0 Å². The van der Waals surface area contributed by atoms with E-state index >= 15 is 0 Å². The molecule has 5 heteroatoms. The van der Waals surface area contributed by atoms with Crippen molar-refractivity contribution in [3.8, 4) is 0 Å². The molecule has 1 heterocycles. The highest BCUT2D eigenvalue weighted by Gasteiger charge is 2.26. The van der Waals surface area contributed by atoms with Gasteiger partial charge in [0.1, 0.15) is 0 Å². The summed E-state index contributed by atoms with van der Waals surface area (Å²) in [5.74, 6) is -1.07. The lowest BCUT2D eigenvalue weighted by Gasteiger charge is -2.29. The highest BCUT2D eigenvalue weighted by molar-refractivity contribution is 5.79. The number of hydrogen-bond acceptors (Lipinski definition) is 2. The molecule has 0 aromatic carbocycles. The normalized spacial score (nSPS) is 20.2. The fourth-order valence-corrected chi connectivity index (χ4v) is 1.26. The van der Waals surface area contributed by atoms with Crippen LogP contribution in [0, 0.1) is 0 Å². The maximum Gasteiger partial charge on any atom is 0.315 e. The molecule has 0 unspecified atom stereocenters. The molecule has 0 spiro atoms. The van der Waals surface area contributed by atoms with Crippen LogP contribution >= 0.6 is 0 Å². The SMILES string of the molecule is NC1CCN(C(=O)C(F)F)CC1. The number of piperidine rings is 1. The molecular weight excluding hydrogens is 166 g/mol. The molecule has 2 N–H and O–H groups in total. The Morgan fingerprint density at radius 2 is 1.92 bits per heavy atom. The van der Waals surface area contributed by atoms with Crippen molar-refractivity contribution >= 4 is 5.91 Å². The monoisotopic (exact) mass is 178 g/mol. The Bertz CT molecular complexity index is 167. The van der Waals surface area contributed by atoms with E-state index in [1.165, 1.54) is 4.90 Å². The van der Waals surface area contributed by atoms with Crippen molar-refractivity contribution in [1.29, 1.82) is 0 Å². The zero-order valence-electron chi connectivity index (χ0n) is 6.67. The summed E-state index contributed by atoms with van der Waals surface area (Å²) in [6.07, 6.45) is -1.63. The Balaban J connectivity index is 2.39. The highest BCUT2D eigenvalue weighted by atomic mass is 19.3. The smallest absolute Gasteiger partial charge is 0.315 e. The summed E-state index contributed by atoms with van der Waals surface area (Å²) in [5, 5.41) is 0. The van der Waals surface area contributed by atoms with E-state index in [1.54, 1.807) is 0 Å². The van der Waals surface area contributed by atoms with Gasteiger partial charge in [-0.1, -0.05) is 0 Å². The summed E-state index contributed by atoms with van der Waals surface area (Å²) in [6, 6.07) is 0.0618. The molecule has 1 rings (SSSR count). The highest BCUT2D eigenvalue weighted by Crippen LogP contribution is 2.10. The van der Waals surface area contributed by atoms with Gasteiger partial charge in [-0.25, -0.2) is 0 Å². The molecule has 1 aliphatic rings. The number of nitrogens with two attached hydrogens (primary N) is 1. The molecule has 0 saturated carbocycles. The van der Waals surface area contributed by atoms with Gasteiger partial charge >= 0.3 is 6.43 Å². The number of carbonyl (C=O) groups excluding carboxylic acids is 1. The van der Waals surface area contributed by atoms with Crippen molar-refractivity contribution in [2.45, 2.75) is 25.3 Å². The van der Waals surface area contributed by atoms with Gasteiger partial charge in [-0.05, 0) is 12.8 Å². The van der Waals surface area contributed by atoms with E-state index in [0.29, 0.717) is 25.9 Å². The zero-order valence-corrected chi connectivity index (χ0v) is 6.67. The average molecular weight is 178 g/mol. The number of halogens is 2. The van der Waals surface area contributed by atoms with Crippen LogP contribution in [-0.2, 0) is 4.79 Å². The largest absolute Gasteiger partial charge is 0.338 e. The van der Waals surface area contributed by atoms with Gasteiger partial charge in [0.25, 0.3) is 5.91 Å². The van der Waals surface area contributed by atoms with Crippen LogP contribution in [0.5, 0.6) is 0 Å². The van der Waals surface area contributed by atoms with Crippen LogP contribution in [0.3, 0.4) is 0 Å². The molecule has 3 nitrogen and oxygen atoms in total. The number of likely N-dealkylation sites (tertiary alicyclic amines) is 1. The molecular formula is C7H12F2N2O. The summed E-state index contributed by atoms with van der Waals surface area (Å²) in [6.45, 7) is 0.731. The van der Waals surface area contributed by atoms with Crippen LogP contribution in [0.15, 0.2) is 0 Å². The van der Waals surface area contributed by atoms with E-state index in [2.05, 4.69) is 0 Å². The molecule has 0 aliphatic carbocycles. The molecule has 0 bridgehead atoms. The number of carbonyl (C=O) groups is 1. The van der Waals surface area contributed by atoms with E-state index in [-0.39, 0.29) is 6.04 Å². The Morgan fingerprint density at radius 1 is 1.42 bits per heavy atom. The third-order valence-corrected chi connectivity index (χ3v) is 2.04. The first-order valence-corrected chi connectivity index (χ1v) is 3.94. The van der Waals surface area contributed by atoms with E-state index in [1.807, 2.05) is 0 Å². The maximum absolute atomic E-state index is 11.9. The number of hydrogen-bond donors (Lipinski definition) is 1. The second-order valence-corrected chi connectivity index (χ2v) is 2.96. The summed E-state index contributed by atoms with van der Waals surface area (Å²) in [7, 11) is 0. The molecule has 0 aromatic rings.